The number of benzene rings is 2. The van der Waals surface area contributed by atoms with Crippen LogP contribution in [0.4, 0.5) is 10.5 Å². The Morgan fingerprint density at radius 3 is 2.27 bits per heavy atom. The van der Waals surface area contributed by atoms with Crippen molar-refractivity contribution in [3.63, 3.8) is 0 Å². The van der Waals surface area contributed by atoms with Gasteiger partial charge in [-0.1, -0.05) is 53.4 Å². The molecule has 0 spiro atoms. The third kappa shape index (κ3) is 7.86. The largest absolute Gasteiger partial charge is 0.478 e. The molecule has 9 nitrogen and oxygen atoms in total. The maximum Gasteiger partial charge on any atom is 0.407 e. The molecule has 0 bridgehead atoms. The molecule has 1 atom stereocenters. The van der Waals surface area contributed by atoms with E-state index < -0.39 is 11.7 Å². The van der Waals surface area contributed by atoms with E-state index in [1.54, 1.807) is 18.7 Å². The molecule has 2 heterocycles. The van der Waals surface area contributed by atoms with E-state index in [4.69, 9.17) is 4.74 Å². The maximum absolute atomic E-state index is 14.2. The van der Waals surface area contributed by atoms with Crippen molar-refractivity contribution in [2.75, 3.05) is 44.2 Å². The predicted octanol–water partition coefficient (Wildman–Crippen LogP) is 6.01. The molecule has 3 fully saturated rings. The predicted molar refractivity (Wildman–Crippen MR) is 174 cm³/mol. The van der Waals surface area contributed by atoms with Crippen LogP contribution in [-0.2, 0) is 16.1 Å². The summed E-state index contributed by atoms with van der Waals surface area (Å²) in [5, 5.41) is 9.22. The van der Waals surface area contributed by atoms with Gasteiger partial charge in [-0.3, -0.25) is 9.59 Å². The highest BCUT2D eigenvalue weighted by molar-refractivity contribution is 9.10. The summed E-state index contributed by atoms with van der Waals surface area (Å²) in [7, 11) is 0. The number of hydrogen-bond acceptors (Lipinski definition) is 5. The van der Waals surface area contributed by atoms with Crippen LogP contribution in [0.2, 0.25) is 0 Å². The Labute approximate surface area is 269 Å². The van der Waals surface area contributed by atoms with Crippen molar-refractivity contribution < 1.29 is 24.2 Å². The molecule has 2 aliphatic heterocycles. The standard InChI is InChI=1S/C34H45BrN4O5/c1-34(2,32(41)36-18-20-37(21-19-36)33(42)43)44-30-12-6-11-29(22-30)38-17-7-8-26(24-38)31(40)39(28-9-4-3-5-10-28)23-25-13-15-27(35)16-14-25/h6,11-16,22,26,28H,3-5,7-10,17-21,23-24H2,1-2H3,(H,42,43)/t26-/m1/s1. The van der Waals surface area contributed by atoms with Gasteiger partial charge < -0.3 is 29.4 Å². The van der Waals surface area contributed by atoms with Gasteiger partial charge in [-0.15, -0.1) is 0 Å². The highest BCUT2D eigenvalue weighted by Gasteiger charge is 2.37. The fraction of sp³-hybridized carbons (Fsp3) is 0.559. The molecule has 0 aromatic heterocycles. The molecule has 1 N–H and O–H groups in total. The summed E-state index contributed by atoms with van der Waals surface area (Å²) in [5.41, 5.74) is 1.03. The minimum atomic E-state index is -1.11. The van der Waals surface area contributed by atoms with E-state index in [0.717, 1.165) is 48.0 Å². The fourth-order valence-electron chi connectivity index (χ4n) is 6.78. The second-order valence-electron chi connectivity index (χ2n) is 12.8. The average Bonchev–Trinajstić information content (AvgIpc) is 3.04. The van der Waals surface area contributed by atoms with Gasteiger partial charge in [0.15, 0.2) is 5.60 Å². The molecule has 3 amide bonds. The number of piperazine rings is 1. The number of halogens is 1. The summed E-state index contributed by atoms with van der Waals surface area (Å²) in [4.78, 5) is 46.2. The molecule has 2 aromatic rings. The molecular formula is C34H45BrN4O5. The van der Waals surface area contributed by atoms with E-state index in [1.165, 1.54) is 24.2 Å². The van der Waals surface area contributed by atoms with Gasteiger partial charge in [0.25, 0.3) is 5.91 Å². The lowest BCUT2D eigenvalue weighted by Crippen LogP contribution is -2.56. The van der Waals surface area contributed by atoms with Crippen molar-refractivity contribution in [1.29, 1.82) is 0 Å². The van der Waals surface area contributed by atoms with E-state index in [1.807, 2.05) is 36.4 Å². The molecule has 10 heteroatoms. The lowest BCUT2D eigenvalue weighted by Gasteiger charge is -2.40. The summed E-state index contributed by atoms with van der Waals surface area (Å²) in [6.45, 7) is 6.96. The Morgan fingerprint density at radius 1 is 0.909 bits per heavy atom. The summed E-state index contributed by atoms with van der Waals surface area (Å²) in [6.07, 6.45) is 6.60. The van der Waals surface area contributed by atoms with Crippen LogP contribution < -0.4 is 9.64 Å². The van der Waals surface area contributed by atoms with Gasteiger partial charge in [0, 0.05) is 68.1 Å². The number of carbonyl (C=O) groups excluding carboxylic acids is 2. The highest BCUT2D eigenvalue weighted by atomic mass is 79.9. The molecule has 238 valence electrons. The van der Waals surface area contributed by atoms with E-state index >= 15 is 0 Å². The quantitative estimate of drug-likeness (QED) is 0.371. The number of amides is 3. The summed E-state index contributed by atoms with van der Waals surface area (Å²) in [5.74, 6) is 0.613. The second-order valence-corrected chi connectivity index (χ2v) is 13.8. The number of carboxylic acid groups (broad SMARTS) is 1. The molecule has 0 unspecified atom stereocenters. The van der Waals surface area contributed by atoms with Crippen molar-refractivity contribution in [3.8, 4) is 5.75 Å². The fourth-order valence-corrected chi connectivity index (χ4v) is 7.04. The first-order valence-electron chi connectivity index (χ1n) is 16.0. The third-order valence-corrected chi connectivity index (χ3v) is 9.77. The van der Waals surface area contributed by atoms with Crippen LogP contribution in [-0.4, -0.2) is 88.6 Å². The van der Waals surface area contributed by atoms with Gasteiger partial charge in [0.2, 0.25) is 5.91 Å². The number of anilines is 1. The lowest BCUT2D eigenvalue weighted by molar-refractivity contribution is -0.147. The average molecular weight is 670 g/mol. The molecule has 5 rings (SSSR count). The zero-order valence-electron chi connectivity index (χ0n) is 25.9. The van der Waals surface area contributed by atoms with Gasteiger partial charge in [-0.25, -0.2) is 4.79 Å². The first kappa shape index (κ1) is 32.1. The number of rotatable bonds is 8. The molecule has 1 aliphatic carbocycles. The molecule has 3 aliphatic rings. The first-order chi connectivity index (χ1) is 21.1. The Kier molecular flexibility index (Phi) is 10.4. The summed E-state index contributed by atoms with van der Waals surface area (Å²) < 4.78 is 7.30. The number of piperidine rings is 1. The molecule has 1 saturated carbocycles. The van der Waals surface area contributed by atoms with Gasteiger partial charge in [-0.2, -0.15) is 0 Å². The minimum absolute atomic E-state index is 0.0758. The summed E-state index contributed by atoms with van der Waals surface area (Å²) in [6, 6.07) is 16.4. The van der Waals surface area contributed by atoms with Crippen LogP contribution in [0.15, 0.2) is 53.0 Å². The van der Waals surface area contributed by atoms with E-state index in [2.05, 4.69) is 37.9 Å². The summed E-state index contributed by atoms with van der Waals surface area (Å²) >= 11 is 3.53. The van der Waals surface area contributed by atoms with Crippen LogP contribution in [0.3, 0.4) is 0 Å². The number of ether oxygens (including phenoxy) is 1. The van der Waals surface area contributed by atoms with Crippen LogP contribution in [0.25, 0.3) is 0 Å². The first-order valence-corrected chi connectivity index (χ1v) is 16.8. The van der Waals surface area contributed by atoms with Crippen molar-refractivity contribution in [2.24, 2.45) is 5.92 Å². The maximum atomic E-state index is 14.2. The SMILES string of the molecule is CC(C)(Oc1cccc(N2CCC[C@@H](C(=O)N(Cc3ccc(Br)cc3)C3CCCCC3)C2)c1)C(=O)N1CCN(C(=O)O)CC1. The Bertz CT molecular complexity index is 1310. The monoisotopic (exact) mass is 668 g/mol. The van der Waals surface area contributed by atoms with Gasteiger partial charge in [0.1, 0.15) is 5.75 Å². The third-order valence-electron chi connectivity index (χ3n) is 9.24. The molecular weight excluding hydrogens is 624 g/mol. The normalized spacial score (nSPS) is 19.9. The number of nitrogens with zero attached hydrogens (tertiary/aromatic N) is 4. The van der Waals surface area contributed by atoms with Crippen LogP contribution >= 0.6 is 15.9 Å². The highest BCUT2D eigenvalue weighted by Crippen LogP contribution is 2.32. The Balaban J connectivity index is 1.25. The van der Waals surface area contributed by atoms with Crippen molar-refractivity contribution in [3.05, 3.63) is 58.6 Å². The smallest absolute Gasteiger partial charge is 0.407 e. The number of carbonyl (C=O) groups is 3. The Hall–Kier alpha value is -3.27. The van der Waals surface area contributed by atoms with Crippen molar-refractivity contribution in [1.82, 2.24) is 14.7 Å². The van der Waals surface area contributed by atoms with Crippen molar-refractivity contribution >= 4 is 39.5 Å². The number of hydrogen-bond donors (Lipinski definition) is 1. The van der Waals surface area contributed by atoms with Crippen LogP contribution in [0.5, 0.6) is 5.75 Å². The Morgan fingerprint density at radius 2 is 1.59 bits per heavy atom. The minimum Gasteiger partial charge on any atom is -0.478 e. The second kappa shape index (κ2) is 14.2. The van der Waals surface area contributed by atoms with E-state index in [0.29, 0.717) is 51.1 Å². The van der Waals surface area contributed by atoms with E-state index in [-0.39, 0.29) is 17.7 Å². The topological polar surface area (TPSA) is 93.6 Å². The molecule has 44 heavy (non-hydrogen) atoms. The zero-order chi connectivity index (χ0) is 31.3. The molecule has 0 radical (unpaired) electrons. The lowest BCUT2D eigenvalue weighted by atomic mass is 9.90. The molecule has 2 aromatic carbocycles. The zero-order valence-corrected chi connectivity index (χ0v) is 27.5. The van der Waals surface area contributed by atoms with Crippen molar-refractivity contribution in [2.45, 2.75) is 77.0 Å². The van der Waals surface area contributed by atoms with Crippen LogP contribution in [0, 0.1) is 5.92 Å². The van der Waals surface area contributed by atoms with Gasteiger partial charge in [0.05, 0.1) is 5.92 Å². The molecule has 2 saturated heterocycles. The van der Waals surface area contributed by atoms with Gasteiger partial charge >= 0.3 is 6.09 Å². The van der Waals surface area contributed by atoms with E-state index in [9.17, 15) is 19.5 Å². The van der Waals surface area contributed by atoms with Crippen LogP contribution in [0.1, 0.15) is 64.4 Å². The van der Waals surface area contributed by atoms with Gasteiger partial charge in [-0.05, 0) is 69.4 Å².